The fourth-order valence-electron chi connectivity index (χ4n) is 4.31. The van der Waals surface area contributed by atoms with Crippen LogP contribution >= 0.6 is 0 Å². The quantitative estimate of drug-likeness (QED) is 0.527. The monoisotopic (exact) mass is 452 g/mol. The molecule has 2 aromatic rings. The molecule has 1 aliphatic carbocycles. The number of carbonyl (C=O) groups excluding carboxylic acids is 2. The first kappa shape index (κ1) is 24.3. The van der Waals surface area contributed by atoms with E-state index in [0.29, 0.717) is 13.0 Å². The summed E-state index contributed by atoms with van der Waals surface area (Å²) in [6, 6.07) is 15.9. The molecule has 0 saturated heterocycles. The normalized spacial score (nSPS) is 13.0. The molecule has 2 amide bonds. The number of nitrogens with one attached hydrogen (secondary N) is 1. The molecule has 1 unspecified atom stereocenters. The maximum atomic E-state index is 12.7. The molecule has 2 aromatic carbocycles. The van der Waals surface area contributed by atoms with E-state index in [4.69, 9.17) is 9.84 Å². The Labute approximate surface area is 194 Å². The first-order valence-electron chi connectivity index (χ1n) is 11.6. The van der Waals surface area contributed by atoms with Crippen LogP contribution in [0.25, 0.3) is 11.1 Å². The predicted molar refractivity (Wildman–Crippen MR) is 126 cm³/mol. The van der Waals surface area contributed by atoms with Crippen LogP contribution in [-0.2, 0) is 14.3 Å². The molecule has 176 valence electrons. The molecule has 7 heteroatoms. The third-order valence-electron chi connectivity index (χ3n) is 6.02. The third-order valence-corrected chi connectivity index (χ3v) is 6.02. The number of benzene rings is 2. The molecule has 0 aromatic heterocycles. The number of fused-ring (bicyclic) bond motifs is 3. The number of hydrogen-bond acceptors (Lipinski definition) is 4. The minimum Gasteiger partial charge on any atom is -0.481 e. The van der Waals surface area contributed by atoms with Crippen LogP contribution in [0.3, 0.4) is 0 Å². The lowest BCUT2D eigenvalue weighted by molar-refractivity contribution is -0.138. The Kier molecular flexibility index (Phi) is 8.46. The van der Waals surface area contributed by atoms with Gasteiger partial charge in [-0.15, -0.1) is 0 Å². The van der Waals surface area contributed by atoms with Gasteiger partial charge in [0.2, 0.25) is 5.91 Å². The highest BCUT2D eigenvalue weighted by molar-refractivity contribution is 5.80. The number of carboxylic acid groups (broad SMARTS) is 1. The molecule has 0 heterocycles. The van der Waals surface area contributed by atoms with Crippen molar-refractivity contribution in [3.8, 4) is 11.1 Å². The number of alkyl carbamates (subject to hydrolysis) is 1. The van der Waals surface area contributed by atoms with Crippen molar-refractivity contribution in [1.82, 2.24) is 10.2 Å². The van der Waals surface area contributed by atoms with Gasteiger partial charge in [-0.05, 0) is 35.1 Å². The highest BCUT2D eigenvalue weighted by Crippen LogP contribution is 2.44. The molecule has 1 aliphatic rings. The van der Waals surface area contributed by atoms with Gasteiger partial charge in [0.1, 0.15) is 6.61 Å². The Morgan fingerprint density at radius 2 is 1.61 bits per heavy atom. The number of ether oxygens (including phenoxy) is 1. The average Bonchev–Trinajstić information content (AvgIpc) is 3.13. The molecule has 1 atom stereocenters. The second kappa shape index (κ2) is 11.5. The summed E-state index contributed by atoms with van der Waals surface area (Å²) < 4.78 is 5.59. The largest absolute Gasteiger partial charge is 0.481 e. The summed E-state index contributed by atoms with van der Waals surface area (Å²) in [5.41, 5.74) is 4.61. The Bertz CT molecular complexity index is 945. The van der Waals surface area contributed by atoms with Crippen LogP contribution in [0.1, 0.15) is 56.6 Å². The zero-order valence-corrected chi connectivity index (χ0v) is 19.3. The van der Waals surface area contributed by atoms with Gasteiger partial charge in [-0.25, -0.2) is 4.79 Å². The summed E-state index contributed by atoms with van der Waals surface area (Å²) in [5.74, 6) is -1.13. The number of rotatable bonds is 11. The van der Waals surface area contributed by atoms with Crippen LogP contribution in [-0.4, -0.2) is 53.7 Å². The van der Waals surface area contributed by atoms with Gasteiger partial charge in [0.25, 0.3) is 0 Å². The van der Waals surface area contributed by atoms with Crippen LogP contribution in [0.4, 0.5) is 4.79 Å². The van der Waals surface area contributed by atoms with Gasteiger partial charge in [-0.1, -0.05) is 62.4 Å². The van der Waals surface area contributed by atoms with E-state index in [2.05, 4.69) is 29.6 Å². The van der Waals surface area contributed by atoms with Crippen LogP contribution in [0.15, 0.2) is 48.5 Å². The molecular weight excluding hydrogens is 420 g/mol. The SMILES string of the molecule is CCCN(CCC(=O)O)C(=O)CC(CC)NC(=O)OCC1c2ccccc2-c2ccccc21. The summed E-state index contributed by atoms with van der Waals surface area (Å²) in [7, 11) is 0. The molecule has 0 bridgehead atoms. The Morgan fingerprint density at radius 3 is 2.15 bits per heavy atom. The number of carbonyl (C=O) groups is 3. The Balaban J connectivity index is 1.57. The lowest BCUT2D eigenvalue weighted by Crippen LogP contribution is -2.41. The fourth-order valence-corrected chi connectivity index (χ4v) is 4.31. The van der Waals surface area contributed by atoms with Crippen molar-refractivity contribution in [2.45, 2.75) is 51.5 Å². The standard InChI is InChI=1S/C26H32N2O5/c1-3-14-28(15-13-25(30)31)24(29)16-18(4-2)27-26(32)33-17-23-21-11-7-5-9-19(21)20-10-6-8-12-22(20)23/h5-12,18,23H,3-4,13-17H2,1-2H3,(H,27,32)(H,30,31). The summed E-state index contributed by atoms with van der Waals surface area (Å²) in [4.78, 5) is 37.7. The molecule has 33 heavy (non-hydrogen) atoms. The van der Waals surface area contributed by atoms with Gasteiger partial charge in [0.15, 0.2) is 0 Å². The van der Waals surface area contributed by atoms with E-state index < -0.39 is 12.1 Å². The summed E-state index contributed by atoms with van der Waals surface area (Å²) >= 11 is 0. The number of aliphatic carboxylic acids is 1. The van der Waals surface area contributed by atoms with Crippen molar-refractivity contribution in [2.24, 2.45) is 0 Å². The van der Waals surface area contributed by atoms with Gasteiger partial charge in [0, 0.05) is 31.5 Å². The first-order chi connectivity index (χ1) is 15.9. The van der Waals surface area contributed by atoms with Crippen molar-refractivity contribution in [1.29, 1.82) is 0 Å². The number of hydrogen-bond donors (Lipinski definition) is 2. The van der Waals surface area contributed by atoms with Crippen molar-refractivity contribution in [3.63, 3.8) is 0 Å². The number of amides is 2. The van der Waals surface area contributed by atoms with E-state index in [0.717, 1.165) is 28.7 Å². The van der Waals surface area contributed by atoms with Gasteiger partial charge in [-0.3, -0.25) is 9.59 Å². The zero-order chi connectivity index (χ0) is 23.8. The van der Waals surface area contributed by atoms with E-state index in [1.54, 1.807) is 4.90 Å². The second-order valence-corrected chi connectivity index (χ2v) is 8.30. The van der Waals surface area contributed by atoms with Crippen LogP contribution in [0.2, 0.25) is 0 Å². The predicted octanol–water partition coefficient (Wildman–Crippen LogP) is 4.41. The highest BCUT2D eigenvalue weighted by Gasteiger charge is 2.29. The molecular formula is C26H32N2O5. The van der Waals surface area contributed by atoms with Crippen molar-refractivity contribution < 1.29 is 24.2 Å². The van der Waals surface area contributed by atoms with Crippen molar-refractivity contribution in [2.75, 3.05) is 19.7 Å². The first-order valence-corrected chi connectivity index (χ1v) is 11.6. The maximum Gasteiger partial charge on any atom is 0.407 e. The molecule has 3 rings (SSSR count). The molecule has 0 fully saturated rings. The summed E-state index contributed by atoms with van der Waals surface area (Å²) in [6.07, 6.45) is 0.767. The lowest BCUT2D eigenvalue weighted by Gasteiger charge is -2.24. The van der Waals surface area contributed by atoms with Gasteiger partial charge < -0.3 is 20.1 Å². The fraction of sp³-hybridized carbons (Fsp3) is 0.423. The molecule has 7 nitrogen and oxygen atoms in total. The third kappa shape index (κ3) is 6.12. The lowest BCUT2D eigenvalue weighted by atomic mass is 9.98. The molecule has 2 N–H and O–H groups in total. The van der Waals surface area contributed by atoms with Crippen LogP contribution < -0.4 is 5.32 Å². The Morgan fingerprint density at radius 1 is 1.00 bits per heavy atom. The highest BCUT2D eigenvalue weighted by atomic mass is 16.5. The van der Waals surface area contributed by atoms with E-state index in [-0.39, 0.29) is 43.9 Å². The zero-order valence-electron chi connectivity index (χ0n) is 19.3. The summed E-state index contributed by atoms with van der Waals surface area (Å²) in [5, 5.41) is 11.7. The number of carboxylic acids is 1. The second-order valence-electron chi connectivity index (χ2n) is 8.30. The molecule has 0 spiro atoms. The van der Waals surface area contributed by atoms with Gasteiger partial charge in [-0.2, -0.15) is 0 Å². The molecule has 0 aliphatic heterocycles. The number of nitrogens with zero attached hydrogens (tertiary/aromatic N) is 1. The van der Waals surface area contributed by atoms with E-state index in [1.807, 2.05) is 38.1 Å². The maximum absolute atomic E-state index is 12.7. The molecule has 0 saturated carbocycles. The minimum absolute atomic E-state index is 0.0269. The van der Waals surface area contributed by atoms with Crippen molar-refractivity contribution >= 4 is 18.0 Å². The minimum atomic E-state index is -0.937. The van der Waals surface area contributed by atoms with E-state index >= 15 is 0 Å². The van der Waals surface area contributed by atoms with Crippen molar-refractivity contribution in [3.05, 3.63) is 59.7 Å². The van der Waals surface area contributed by atoms with Crippen LogP contribution in [0.5, 0.6) is 0 Å². The van der Waals surface area contributed by atoms with Gasteiger partial charge in [0.05, 0.1) is 6.42 Å². The van der Waals surface area contributed by atoms with E-state index in [9.17, 15) is 14.4 Å². The van der Waals surface area contributed by atoms with Gasteiger partial charge >= 0.3 is 12.1 Å². The summed E-state index contributed by atoms with van der Waals surface area (Å²) in [6.45, 7) is 4.71. The average molecular weight is 453 g/mol. The smallest absolute Gasteiger partial charge is 0.407 e. The topological polar surface area (TPSA) is 95.9 Å². The molecule has 0 radical (unpaired) electrons. The van der Waals surface area contributed by atoms with E-state index in [1.165, 1.54) is 0 Å². The van der Waals surface area contributed by atoms with Crippen LogP contribution in [0, 0.1) is 0 Å². The Hall–Kier alpha value is -3.35.